The van der Waals surface area contributed by atoms with Crippen LogP contribution < -0.4 is 9.50 Å². The molecule has 0 unspecified atom stereocenters. The summed E-state index contributed by atoms with van der Waals surface area (Å²) in [6, 6.07) is 11.4. The molecule has 0 radical (unpaired) electrons. The van der Waals surface area contributed by atoms with Crippen LogP contribution in [0.2, 0.25) is 5.02 Å². The summed E-state index contributed by atoms with van der Waals surface area (Å²) in [7, 11) is -4.08. The van der Waals surface area contributed by atoms with E-state index in [-0.39, 0.29) is 27.1 Å². The zero-order valence-electron chi connectivity index (χ0n) is 11.9. The molecule has 0 saturated heterocycles. The summed E-state index contributed by atoms with van der Waals surface area (Å²) in [5.41, 5.74) is 0.689. The maximum Gasteiger partial charge on any atom is 0.339 e. The lowest BCUT2D eigenvalue weighted by Crippen LogP contribution is -2.10. The molecule has 1 N–H and O–H groups in total. The number of hydrogen-bond donors (Lipinski definition) is 1. The zero-order chi connectivity index (χ0) is 17.0. The predicted molar refractivity (Wildman–Crippen MR) is 84.7 cm³/mol. The number of benzene rings is 2. The van der Waals surface area contributed by atoms with E-state index in [0.717, 1.165) is 6.07 Å². The number of nitriles is 1. The summed E-state index contributed by atoms with van der Waals surface area (Å²) in [6.45, 7) is 1.36. The lowest BCUT2D eigenvalue weighted by molar-refractivity contribution is -0.114. The standard InChI is InChI=1S/C15H11ClN2O4S/c1-10(19)18-12-3-5-13(6-4-12)22-23(20,21)14-7-2-11(9-17)15(16)8-14/h2-8H,1H3,(H,18,19). The average molecular weight is 351 g/mol. The Morgan fingerprint density at radius 2 is 1.87 bits per heavy atom. The normalized spacial score (nSPS) is 10.7. The average Bonchev–Trinajstić information content (AvgIpc) is 2.48. The highest BCUT2D eigenvalue weighted by atomic mass is 35.5. The first-order valence-corrected chi connectivity index (χ1v) is 8.12. The Hall–Kier alpha value is -2.56. The van der Waals surface area contributed by atoms with Crippen molar-refractivity contribution in [3.63, 3.8) is 0 Å². The summed E-state index contributed by atoms with van der Waals surface area (Å²) < 4.78 is 29.4. The van der Waals surface area contributed by atoms with Crippen molar-refractivity contribution < 1.29 is 17.4 Å². The van der Waals surface area contributed by atoms with E-state index in [1.807, 2.05) is 6.07 Å². The van der Waals surface area contributed by atoms with Crippen LogP contribution in [-0.2, 0) is 14.9 Å². The molecular weight excluding hydrogens is 340 g/mol. The highest BCUT2D eigenvalue weighted by Crippen LogP contribution is 2.24. The maximum absolute atomic E-state index is 12.2. The smallest absolute Gasteiger partial charge is 0.339 e. The molecule has 0 saturated carbocycles. The monoisotopic (exact) mass is 350 g/mol. The Bertz CT molecular complexity index is 887. The Labute approximate surface area is 138 Å². The molecule has 0 aliphatic heterocycles. The summed E-state index contributed by atoms with van der Waals surface area (Å²) >= 11 is 5.83. The third-order valence-corrected chi connectivity index (χ3v) is 4.29. The Balaban J connectivity index is 2.23. The van der Waals surface area contributed by atoms with Gasteiger partial charge in [0.2, 0.25) is 5.91 Å². The molecule has 118 valence electrons. The molecule has 23 heavy (non-hydrogen) atoms. The van der Waals surface area contributed by atoms with Gasteiger partial charge in [0.15, 0.2) is 0 Å². The van der Waals surface area contributed by atoms with Crippen molar-refractivity contribution in [1.82, 2.24) is 0 Å². The van der Waals surface area contributed by atoms with Crippen molar-refractivity contribution in [2.75, 3.05) is 5.32 Å². The molecule has 0 heterocycles. The van der Waals surface area contributed by atoms with E-state index < -0.39 is 10.1 Å². The number of anilines is 1. The van der Waals surface area contributed by atoms with Crippen LogP contribution in [0.25, 0.3) is 0 Å². The Kier molecular flexibility index (Phi) is 4.89. The van der Waals surface area contributed by atoms with Gasteiger partial charge in [-0.25, -0.2) is 0 Å². The van der Waals surface area contributed by atoms with Gasteiger partial charge >= 0.3 is 10.1 Å². The first-order valence-electron chi connectivity index (χ1n) is 6.33. The predicted octanol–water partition coefficient (Wildman–Crippen LogP) is 2.94. The molecule has 0 fully saturated rings. The summed E-state index contributed by atoms with van der Waals surface area (Å²) in [6.07, 6.45) is 0. The number of rotatable bonds is 4. The van der Waals surface area contributed by atoms with Gasteiger partial charge in [-0.15, -0.1) is 0 Å². The van der Waals surface area contributed by atoms with Crippen LogP contribution in [0.15, 0.2) is 47.4 Å². The van der Waals surface area contributed by atoms with Gasteiger partial charge in [0.1, 0.15) is 16.7 Å². The molecule has 8 heteroatoms. The van der Waals surface area contributed by atoms with Crippen molar-refractivity contribution in [1.29, 1.82) is 5.26 Å². The maximum atomic E-state index is 12.2. The molecule has 0 bridgehead atoms. The molecular formula is C15H11ClN2O4S. The second kappa shape index (κ2) is 6.69. The van der Waals surface area contributed by atoms with Crippen molar-refractivity contribution in [2.45, 2.75) is 11.8 Å². The minimum atomic E-state index is -4.08. The molecule has 0 spiro atoms. The fraction of sp³-hybridized carbons (Fsp3) is 0.0667. The number of carbonyl (C=O) groups is 1. The Morgan fingerprint density at radius 1 is 1.22 bits per heavy atom. The number of halogens is 1. The van der Waals surface area contributed by atoms with Gasteiger partial charge in [-0.05, 0) is 42.5 Å². The second-order valence-electron chi connectivity index (χ2n) is 4.50. The largest absolute Gasteiger partial charge is 0.379 e. The lowest BCUT2D eigenvalue weighted by atomic mass is 10.2. The summed E-state index contributed by atoms with van der Waals surface area (Å²) in [5, 5.41) is 11.4. The van der Waals surface area contributed by atoms with Crippen LogP contribution in [0.1, 0.15) is 12.5 Å². The highest BCUT2D eigenvalue weighted by molar-refractivity contribution is 7.87. The van der Waals surface area contributed by atoms with Gasteiger partial charge in [-0.2, -0.15) is 13.7 Å². The van der Waals surface area contributed by atoms with Crippen molar-refractivity contribution >= 4 is 33.3 Å². The topological polar surface area (TPSA) is 96.3 Å². The zero-order valence-corrected chi connectivity index (χ0v) is 13.5. The van der Waals surface area contributed by atoms with Crippen molar-refractivity contribution in [3.8, 4) is 11.8 Å². The van der Waals surface area contributed by atoms with E-state index in [9.17, 15) is 13.2 Å². The molecule has 0 aromatic heterocycles. The lowest BCUT2D eigenvalue weighted by Gasteiger charge is -2.08. The SMILES string of the molecule is CC(=O)Nc1ccc(OS(=O)(=O)c2ccc(C#N)c(Cl)c2)cc1. The summed E-state index contributed by atoms with van der Waals surface area (Å²) in [5.74, 6) is -0.155. The van der Waals surface area contributed by atoms with Crippen LogP contribution in [-0.4, -0.2) is 14.3 Å². The van der Waals surface area contributed by atoms with Crippen LogP contribution in [0.5, 0.6) is 5.75 Å². The van der Waals surface area contributed by atoms with Gasteiger partial charge in [0, 0.05) is 12.6 Å². The minimum absolute atomic E-state index is 0.0261. The fourth-order valence-corrected chi connectivity index (χ4v) is 2.96. The van der Waals surface area contributed by atoms with Gasteiger partial charge in [-0.3, -0.25) is 4.79 Å². The minimum Gasteiger partial charge on any atom is -0.379 e. The first kappa shape index (κ1) is 16.8. The Morgan fingerprint density at radius 3 is 2.39 bits per heavy atom. The number of carbonyl (C=O) groups excluding carboxylic acids is 1. The molecule has 2 aromatic rings. The molecule has 0 aliphatic carbocycles. The molecule has 6 nitrogen and oxygen atoms in total. The molecule has 2 rings (SSSR count). The third-order valence-electron chi connectivity index (χ3n) is 2.73. The van der Waals surface area contributed by atoms with E-state index in [2.05, 4.69) is 5.32 Å². The van der Waals surface area contributed by atoms with Crippen LogP contribution in [0, 0.1) is 11.3 Å². The number of hydrogen-bond acceptors (Lipinski definition) is 5. The fourth-order valence-electron chi connectivity index (χ4n) is 1.71. The van der Waals surface area contributed by atoms with E-state index in [1.54, 1.807) is 0 Å². The van der Waals surface area contributed by atoms with Crippen molar-refractivity contribution in [3.05, 3.63) is 53.1 Å². The van der Waals surface area contributed by atoms with Crippen molar-refractivity contribution in [2.24, 2.45) is 0 Å². The van der Waals surface area contributed by atoms with E-state index >= 15 is 0 Å². The van der Waals surface area contributed by atoms with Gasteiger partial charge in [0.25, 0.3) is 0 Å². The van der Waals surface area contributed by atoms with Gasteiger partial charge < -0.3 is 9.50 Å². The third kappa shape index (κ3) is 4.22. The highest BCUT2D eigenvalue weighted by Gasteiger charge is 2.18. The van der Waals surface area contributed by atoms with Crippen LogP contribution in [0.3, 0.4) is 0 Å². The number of nitrogens with one attached hydrogen (secondary N) is 1. The van der Waals surface area contributed by atoms with Crippen LogP contribution >= 0.6 is 11.6 Å². The second-order valence-corrected chi connectivity index (χ2v) is 6.45. The molecule has 0 atom stereocenters. The quantitative estimate of drug-likeness (QED) is 0.855. The van der Waals surface area contributed by atoms with Gasteiger partial charge in [0.05, 0.1) is 10.6 Å². The summed E-state index contributed by atoms with van der Waals surface area (Å²) in [4.78, 5) is 10.8. The molecule has 2 aromatic carbocycles. The molecule has 0 aliphatic rings. The number of nitrogens with zero attached hydrogens (tertiary/aromatic N) is 1. The van der Waals surface area contributed by atoms with Crippen LogP contribution in [0.4, 0.5) is 5.69 Å². The number of amides is 1. The molecule has 1 amide bonds. The van der Waals surface area contributed by atoms with E-state index in [1.165, 1.54) is 43.3 Å². The van der Waals surface area contributed by atoms with E-state index in [0.29, 0.717) is 5.69 Å². The van der Waals surface area contributed by atoms with E-state index in [4.69, 9.17) is 21.0 Å². The van der Waals surface area contributed by atoms with Gasteiger partial charge in [-0.1, -0.05) is 11.6 Å². The first-order chi connectivity index (χ1) is 10.8.